The number of phenolic OH excluding ortho intramolecular Hbond substituents is 2. The van der Waals surface area contributed by atoms with Crippen molar-refractivity contribution >= 4 is 0 Å². The molecule has 0 atom stereocenters. The van der Waals surface area contributed by atoms with E-state index in [1.807, 2.05) is 13.8 Å². The smallest absolute Gasteiger partial charge is 0.203 e. The Balaban J connectivity index is 3.01. The Morgan fingerprint density at radius 1 is 0.552 bits per heavy atom. The average molecular weight is 408 g/mol. The van der Waals surface area contributed by atoms with Gasteiger partial charge in [0.1, 0.15) is 11.5 Å². The lowest BCUT2D eigenvalue weighted by molar-refractivity contribution is 0.306. The Bertz CT molecular complexity index is 818. The van der Waals surface area contributed by atoms with Crippen LogP contribution >= 0.6 is 0 Å². The van der Waals surface area contributed by atoms with Crippen LogP contribution in [0.15, 0.2) is 12.1 Å². The van der Waals surface area contributed by atoms with Gasteiger partial charge in [-0.3, -0.25) is 0 Å². The van der Waals surface area contributed by atoms with Crippen LogP contribution in [-0.2, 0) is 5.41 Å². The molecule has 8 nitrogen and oxygen atoms in total. The lowest BCUT2D eigenvalue weighted by Crippen LogP contribution is -2.23. The van der Waals surface area contributed by atoms with Crippen molar-refractivity contribution in [1.82, 2.24) is 0 Å². The SMILES string of the molecule is COc1cc(O)c(OC)c(OC)c1C(C)(C)c1c(OC)cc(O)c(OC)c1OC. The van der Waals surface area contributed by atoms with E-state index in [-0.39, 0.29) is 23.0 Å². The van der Waals surface area contributed by atoms with Crippen molar-refractivity contribution in [2.45, 2.75) is 19.3 Å². The Morgan fingerprint density at radius 2 is 0.862 bits per heavy atom. The molecule has 160 valence electrons. The van der Waals surface area contributed by atoms with Crippen LogP contribution in [0.4, 0.5) is 0 Å². The molecule has 2 rings (SSSR count). The van der Waals surface area contributed by atoms with E-state index in [0.29, 0.717) is 34.1 Å². The summed E-state index contributed by atoms with van der Waals surface area (Å²) in [4.78, 5) is 0. The predicted octanol–water partition coefficient (Wildman–Crippen LogP) is 3.48. The molecule has 0 fully saturated rings. The average Bonchev–Trinajstić information content (AvgIpc) is 2.70. The lowest BCUT2D eigenvalue weighted by atomic mass is 9.75. The van der Waals surface area contributed by atoms with Gasteiger partial charge in [-0.15, -0.1) is 0 Å². The van der Waals surface area contributed by atoms with Gasteiger partial charge >= 0.3 is 0 Å². The van der Waals surface area contributed by atoms with Gasteiger partial charge in [0, 0.05) is 17.5 Å². The number of benzene rings is 2. The third-order valence-electron chi connectivity index (χ3n) is 4.87. The fraction of sp³-hybridized carbons (Fsp3) is 0.429. The summed E-state index contributed by atoms with van der Waals surface area (Å²) < 4.78 is 33.0. The molecule has 0 aliphatic heterocycles. The second kappa shape index (κ2) is 8.46. The number of ether oxygens (including phenoxy) is 6. The molecule has 0 bridgehead atoms. The van der Waals surface area contributed by atoms with Crippen molar-refractivity contribution in [3.63, 3.8) is 0 Å². The molecule has 0 saturated carbocycles. The third-order valence-corrected chi connectivity index (χ3v) is 4.87. The summed E-state index contributed by atoms with van der Waals surface area (Å²) >= 11 is 0. The first kappa shape index (κ1) is 22.1. The maximum Gasteiger partial charge on any atom is 0.203 e. The molecule has 8 heteroatoms. The zero-order valence-electron chi connectivity index (χ0n) is 18.0. The molecule has 0 spiro atoms. The summed E-state index contributed by atoms with van der Waals surface area (Å²) in [5.41, 5.74) is 0.304. The first-order valence-electron chi connectivity index (χ1n) is 8.78. The minimum atomic E-state index is -0.866. The molecule has 0 aromatic heterocycles. The van der Waals surface area contributed by atoms with Crippen LogP contribution in [0.3, 0.4) is 0 Å². The summed E-state index contributed by atoms with van der Waals surface area (Å²) in [6.45, 7) is 3.81. The monoisotopic (exact) mass is 408 g/mol. The highest BCUT2D eigenvalue weighted by Gasteiger charge is 2.40. The topological polar surface area (TPSA) is 95.8 Å². The molecule has 29 heavy (non-hydrogen) atoms. The van der Waals surface area contributed by atoms with E-state index in [2.05, 4.69) is 0 Å². The zero-order chi connectivity index (χ0) is 21.9. The zero-order valence-corrected chi connectivity index (χ0v) is 18.0. The molecule has 2 aromatic carbocycles. The van der Waals surface area contributed by atoms with E-state index < -0.39 is 5.41 Å². The van der Waals surface area contributed by atoms with Crippen LogP contribution in [0.2, 0.25) is 0 Å². The van der Waals surface area contributed by atoms with Crippen molar-refractivity contribution in [3.05, 3.63) is 23.3 Å². The normalized spacial score (nSPS) is 11.0. The van der Waals surface area contributed by atoms with Gasteiger partial charge < -0.3 is 38.6 Å². The summed E-state index contributed by atoms with van der Waals surface area (Å²) in [6, 6.07) is 2.91. The molecule has 0 amide bonds. The van der Waals surface area contributed by atoms with Crippen molar-refractivity contribution < 1.29 is 38.6 Å². The third kappa shape index (κ3) is 3.50. The van der Waals surface area contributed by atoms with Gasteiger partial charge in [0.15, 0.2) is 23.0 Å². The summed E-state index contributed by atoms with van der Waals surface area (Å²) in [6.07, 6.45) is 0. The maximum atomic E-state index is 10.3. The van der Waals surface area contributed by atoms with Gasteiger partial charge in [-0.05, 0) is 0 Å². The molecule has 0 unspecified atom stereocenters. The number of phenols is 2. The van der Waals surface area contributed by atoms with Crippen molar-refractivity contribution in [2.75, 3.05) is 42.7 Å². The first-order valence-corrected chi connectivity index (χ1v) is 8.78. The van der Waals surface area contributed by atoms with Crippen molar-refractivity contribution in [1.29, 1.82) is 0 Å². The van der Waals surface area contributed by atoms with Crippen molar-refractivity contribution in [2.24, 2.45) is 0 Å². The van der Waals surface area contributed by atoms with Gasteiger partial charge in [-0.25, -0.2) is 0 Å². The van der Waals surface area contributed by atoms with Gasteiger partial charge in [0.2, 0.25) is 11.5 Å². The number of rotatable bonds is 8. The molecule has 0 aliphatic rings. The Labute approximate surface area is 170 Å². The number of aromatic hydroxyl groups is 2. The Morgan fingerprint density at radius 3 is 1.10 bits per heavy atom. The van der Waals surface area contributed by atoms with Gasteiger partial charge in [-0.1, -0.05) is 13.8 Å². The van der Waals surface area contributed by atoms with E-state index in [9.17, 15) is 10.2 Å². The van der Waals surface area contributed by atoms with Crippen LogP contribution in [0.5, 0.6) is 46.0 Å². The second-order valence-electron chi connectivity index (χ2n) is 6.70. The van der Waals surface area contributed by atoms with Gasteiger partial charge in [0.25, 0.3) is 0 Å². The summed E-state index contributed by atoms with van der Waals surface area (Å²) in [5, 5.41) is 20.7. The van der Waals surface area contributed by atoms with Crippen LogP contribution in [0.1, 0.15) is 25.0 Å². The van der Waals surface area contributed by atoms with Gasteiger partial charge in [0.05, 0.1) is 53.8 Å². The highest BCUT2D eigenvalue weighted by molar-refractivity contribution is 5.70. The predicted molar refractivity (Wildman–Crippen MR) is 108 cm³/mol. The summed E-state index contributed by atoms with van der Waals surface area (Å²) in [5.74, 6) is 1.43. The fourth-order valence-corrected chi connectivity index (χ4v) is 3.62. The van der Waals surface area contributed by atoms with E-state index in [0.717, 1.165) is 0 Å². The standard InChI is InChI=1S/C21H28O8/c1-21(2,15-13(24-3)9-11(22)17(26-5)19(15)28-7)16-14(25-4)10-12(23)18(27-6)20(16)29-8/h9-10,22-23H,1-8H3. The molecule has 0 saturated heterocycles. The van der Waals surface area contributed by atoms with E-state index in [1.165, 1.54) is 54.8 Å². The largest absolute Gasteiger partial charge is 0.504 e. The Kier molecular flexibility index (Phi) is 6.46. The number of methoxy groups -OCH3 is 6. The van der Waals surface area contributed by atoms with Crippen LogP contribution in [0.25, 0.3) is 0 Å². The number of hydrogen-bond donors (Lipinski definition) is 2. The first-order chi connectivity index (χ1) is 13.7. The quantitative estimate of drug-likeness (QED) is 0.686. The minimum absolute atomic E-state index is 0.122. The van der Waals surface area contributed by atoms with E-state index >= 15 is 0 Å². The highest BCUT2D eigenvalue weighted by atomic mass is 16.5. The molecule has 0 aliphatic carbocycles. The van der Waals surface area contributed by atoms with Crippen LogP contribution in [0, 0.1) is 0 Å². The van der Waals surface area contributed by atoms with E-state index in [1.54, 1.807) is 0 Å². The molecular formula is C21H28O8. The summed E-state index contributed by atoms with van der Waals surface area (Å²) in [7, 11) is 8.81. The van der Waals surface area contributed by atoms with Gasteiger partial charge in [-0.2, -0.15) is 0 Å². The molecular weight excluding hydrogens is 380 g/mol. The van der Waals surface area contributed by atoms with E-state index in [4.69, 9.17) is 28.4 Å². The lowest BCUT2D eigenvalue weighted by Gasteiger charge is -2.33. The Hall–Kier alpha value is -3.16. The minimum Gasteiger partial charge on any atom is -0.504 e. The number of hydrogen-bond acceptors (Lipinski definition) is 8. The van der Waals surface area contributed by atoms with Crippen molar-refractivity contribution in [3.8, 4) is 46.0 Å². The van der Waals surface area contributed by atoms with Crippen LogP contribution < -0.4 is 28.4 Å². The fourth-order valence-electron chi connectivity index (χ4n) is 3.62. The maximum absolute atomic E-state index is 10.3. The molecule has 2 N–H and O–H groups in total. The molecule has 0 radical (unpaired) electrons. The highest BCUT2D eigenvalue weighted by Crippen LogP contribution is 2.57. The van der Waals surface area contributed by atoms with Crippen LogP contribution in [-0.4, -0.2) is 52.9 Å². The molecule has 0 heterocycles. The molecule has 2 aromatic rings. The second-order valence-corrected chi connectivity index (χ2v) is 6.70.